The van der Waals surface area contributed by atoms with Crippen LogP contribution in [-0.2, 0) is 0 Å². The predicted molar refractivity (Wildman–Crippen MR) is 58.0 cm³/mol. The van der Waals surface area contributed by atoms with Gasteiger partial charge in [-0.1, -0.05) is 12.1 Å². The van der Waals surface area contributed by atoms with E-state index in [4.69, 9.17) is 0 Å². The molecule has 1 heterocycles. The third kappa shape index (κ3) is 2.37. The van der Waals surface area contributed by atoms with Gasteiger partial charge in [-0.25, -0.2) is 9.82 Å². The molecule has 2 atom stereocenters. The largest absolute Gasteiger partial charge is 0.335 e. The quantitative estimate of drug-likeness (QED) is 0.694. The lowest BCUT2D eigenvalue weighted by Gasteiger charge is -2.12. The highest BCUT2D eigenvalue weighted by Crippen LogP contribution is 2.07. The molecule has 4 nitrogen and oxygen atoms in total. The van der Waals surface area contributed by atoms with Gasteiger partial charge in [-0.15, -0.1) is 0 Å². The van der Waals surface area contributed by atoms with Gasteiger partial charge in [-0.3, -0.25) is 10.2 Å². The lowest BCUT2D eigenvalue weighted by molar-refractivity contribution is 0.0928. The minimum atomic E-state index is -0.501. The summed E-state index contributed by atoms with van der Waals surface area (Å²) in [5.41, 5.74) is 5.98. The van der Waals surface area contributed by atoms with E-state index >= 15 is 0 Å². The monoisotopic (exact) mass is 223 g/mol. The number of benzene rings is 1. The Balaban J connectivity index is 2.01. The lowest BCUT2D eigenvalue weighted by Crippen LogP contribution is -2.44. The molecule has 0 bridgehead atoms. The van der Waals surface area contributed by atoms with Gasteiger partial charge in [0.1, 0.15) is 5.82 Å². The molecule has 0 aromatic heterocycles. The number of nitrogens with one attached hydrogen (secondary N) is 3. The van der Waals surface area contributed by atoms with Crippen LogP contribution < -0.4 is 16.2 Å². The number of amides is 1. The molecule has 0 radical (unpaired) electrons. The average Bonchev–Trinajstić information content (AvgIpc) is 2.64. The van der Waals surface area contributed by atoms with Crippen molar-refractivity contribution in [3.8, 4) is 0 Å². The van der Waals surface area contributed by atoms with Gasteiger partial charge in [0.2, 0.25) is 0 Å². The first-order chi connectivity index (χ1) is 7.66. The van der Waals surface area contributed by atoms with Gasteiger partial charge in [-0.2, -0.15) is 0 Å². The van der Waals surface area contributed by atoms with Crippen LogP contribution in [0.5, 0.6) is 0 Å². The summed E-state index contributed by atoms with van der Waals surface area (Å²) < 4.78 is 13.3. The van der Waals surface area contributed by atoms with Gasteiger partial charge in [-0.05, 0) is 25.5 Å². The average molecular weight is 223 g/mol. The molecule has 1 saturated heterocycles. The summed E-state index contributed by atoms with van der Waals surface area (Å²) in [7, 11) is 0. The van der Waals surface area contributed by atoms with Crippen molar-refractivity contribution >= 4 is 5.91 Å². The summed E-state index contributed by atoms with van der Waals surface area (Å²) in [6.45, 7) is 2.00. The molecule has 5 heteroatoms. The Morgan fingerprint density at radius 2 is 2.19 bits per heavy atom. The minimum absolute atomic E-state index is 0.0730. The molecule has 86 valence electrons. The molecule has 16 heavy (non-hydrogen) atoms. The maximum atomic E-state index is 13.3. The smallest absolute Gasteiger partial charge is 0.255 e. The molecular weight excluding hydrogens is 209 g/mol. The van der Waals surface area contributed by atoms with Crippen LogP contribution in [0.3, 0.4) is 0 Å². The first kappa shape index (κ1) is 11.0. The van der Waals surface area contributed by atoms with Crippen LogP contribution in [0, 0.1) is 5.82 Å². The number of halogens is 1. The normalized spacial score (nSPS) is 24.4. The molecular formula is C11H14FN3O. The van der Waals surface area contributed by atoms with Crippen molar-refractivity contribution in [2.75, 3.05) is 0 Å². The number of carbonyl (C=O) groups excluding carboxylic acids is 1. The summed E-state index contributed by atoms with van der Waals surface area (Å²) in [6.07, 6.45) is 0.627. The highest BCUT2D eigenvalue weighted by Gasteiger charge is 2.22. The third-order valence-corrected chi connectivity index (χ3v) is 2.52. The van der Waals surface area contributed by atoms with E-state index in [0.717, 1.165) is 6.42 Å². The third-order valence-electron chi connectivity index (χ3n) is 2.52. The fourth-order valence-electron chi connectivity index (χ4n) is 1.69. The predicted octanol–water partition coefficient (Wildman–Crippen LogP) is 0.768. The Morgan fingerprint density at radius 3 is 2.81 bits per heavy atom. The Hall–Kier alpha value is -1.46. The number of hydrazine groups is 1. The molecule has 0 spiro atoms. The fraction of sp³-hybridized carbons (Fsp3) is 0.364. The van der Waals surface area contributed by atoms with Gasteiger partial charge in [0, 0.05) is 6.04 Å². The zero-order chi connectivity index (χ0) is 11.5. The molecule has 1 fully saturated rings. The van der Waals surface area contributed by atoms with Crippen LogP contribution in [0.4, 0.5) is 4.39 Å². The van der Waals surface area contributed by atoms with Crippen LogP contribution in [0.1, 0.15) is 23.7 Å². The van der Waals surface area contributed by atoms with Crippen LogP contribution in [0.2, 0.25) is 0 Å². The van der Waals surface area contributed by atoms with Crippen molar-refractivity contribution in [2.24, 2.45) is 0 Å². The standard InChI is InChI=1S/C11H14FN3O/c1-7-6-10(15-14-7)13-11(16)8-4-2-3-5-9(8)12/h2-5,7,10,14-15H,6H2,1H3,(H,13,16). The summed E-state index contributed by atoms with van der Waals surface area (Å²) in [6, 6.07) is 6.24. The molecule has 2 unspecified atom stereocenters. The number of carbonyl (C=O) groups is 1. The number of rotatable bonds is 2. The maximum absolute atomic E-state index is 13.3. The van der Waals surface area contributed by atoms with Crippen LogP contribution in [0.25, 0.3) is 0 Å². The van der Waals surface area contributed by atoms with Crippen molar-refractivity contribution in [3.05, 3.63) is 35.6 Å². The Morgan fingerprint density at radius 1 is 1.44 bits per heavy atom. The second-order valence-electron chi connectivity index (χ2n) is 3.93. The molecule has 1 aromatic rings. The van der Waals surface area contributed by atoms with Crippen molar-refractivity contribution in [3.63, 3.8) is 0 Å². The molecule has 1 aliphatic rings. The fourth-order valence-corrected chi connectivity index (χ4v) is 1.69. The molecule has 2 rings (SSSR count). The van der Waals surface area contributed by atoms with E-state index in [0.29, 0.717) is 6.04 Å². The van der Waals surface area contributed by atoms with E-state index in [1.165, 1.54) is 12.1 Å². The van der Waals surface area contributed by atoms with E-state index < -0.39 is 11.7 Å². The highest BCUT2D eigenvalue weighted by molar-refractivity contribution is 5.94. The van der Waals surface area contributed by atoms with E-state index in [1.54, 1.807) is 12.1 Å². The Bertz CT molecular complexity index is 397. The van der Waals surface area contributed by atoms with E-state index in [1.807, 2.05) is 6.92 Å². The maximum Gasteiger partial charge on any atom is 0.255 e. The van der Waals surface area contributed by atoms with Gasteiger partial charge in [0.25, 0.3) is 5.91 Å². The van der Waals surface area contributed by atoms with Crippen molar-refractivity contribution in [1.82, 2.24) is 16.2 Å². The second-order valence-corrected chi connectivity index (χ2v) is 3.93. The highest BCUT2D eigenvalue weighted by atomic mass is 19.1. The topological polar surface area (TPSA) is 53.2 Å². The minimum Gasteiger partial charge on any atom is -0.335 e. The molecule has 1 amide bonds. The molecule has 1 aromatic carbocycles. The van der Waals surface area contributed by atoms with Gasteiger partial charge in [0.15, 0.2) is 0 Å². The van der Waals surface area contributed by atoms with E-state index in [-0.39, 0.29) is 11.7 Å². The Kier molecular flexibility index (Phi) is 3.17. The van der Waals surface area contributed by atoms with Gasteiger partial charge in [0.05, 0.1) is 11.7 Å². The number of hydrogen-bond donors (Lipinski definition) is 3. The van der Waals surface area contributed by atoms with Crippen LogP contribution in [0.15, 0.2) is 24.3 Å². The lowest BCUT2D eigenvalue weighted by atomic mass is 10.2. The van der Waals surface area contributed by atoms with Crippen LogP contribution >= 0.6 is 0 Å². The van der Waals surface area contributed by atoms with Gasteiger partial charge < -0.3 is 5.32 Å². The first-order valence-corrected chi connectivity index (χ1v) is 5.23. The summed E-state index contributed by atoms with van der Waals surface area (Å²) in [4.78, 5) is 11.7. The Labute approximate surface area is 93.2 Å². The summed E-state index contributed by atoms with van der Waals surface area (Å²) in [5.74, 6) is -0.898. The van der Waals surface area contributed by atoms with E-state index in [2.05, 4.69) is 16.2 Å². The number of hydrogen-bond acceptors (Lipinski definition) is 3. The van der Waals surface area contributed by atoms with Crippen LogP contribution in [-0.4, -0.2) is 18.1 Å². The zero-order valence-electron chi connectivity index (χ0n) is 8.96. The summed E-state index contributed by atoms with van der Waals surface area (Å²) >= 11 is 0. The molecule has 3 N–H and O–H groups in total. The van der Waals surface area contributed by atoms with Crippen molar-refractivity contribution in [2.45, 2.75) is 25.6 Å². The second kappa shape index (κ2) is 4.59. The molecule has 0 saturated carbocycles. The van der Waals surface area contributed by atoms with Gasteiger partial charge >= 0.3 is 0 Å². The molecule has 0 aliphatic carbocycles. The summed E-state index contributed by atoms with van der Waals surface area (Å²) in [5, 5.41) is 2.71. The van der Waals surface area contributed by atoms with Crippen molar-refractivity contribution in [1.29, 1.82) is 0 Å². The first-order valence-electron chi connectivity index (χ1n) is 5.23. The SMILES string of the molecule is CC1CC(NC(=O)c2ccccc2F)NN1. The molecule has 1 aliphatic heterocycles. The zero-order valence-corrected chi connectivity index (χ0v) is 8.96. The van der Waals surface area contributed by atoms with Crippen molar-refractivity contribution < 1.29 is 9.18 Å². The van der Waals surface area contributed by atoms with E-state index in [9.17, 15) is 9.18 Å².